The van der Waals surface area contributed by atoms with Gasteiger partial charge in [0.2, 0.25) is 0 Å². The molecular weight excluding hydrogens is 167 g/mol. The minimum Gasteiger partial charge on any atom is -0.0843 e. The Bertz CT molecular complexity index is 230. The van der Waals surface area contributed by atoms with Gasteiger partial charge in [-0.05, 0) is 37.1 Å². The van der Waals surface area contributed by atoms with Crippen molar-refractivity contribution in [2.24, 2.45) is 0 Å². The summed E-state index contributed by atoms with van der Waals surface area (Å²) in [7, 11) is 0. The standard InChI is InChI=1S/C8H8Cl2/c1-5-3-7(9)4-8(10)6(5)2/h3-4H,1-2H3. The normalized spacial score (nSPS) is 10.0. The highest BCUT2D eigenvalue weighted by Crippen LogP contribution is 2.23. The SMILES string of the molecule is Cc1cc(Cl)cc(Cl)c1C. The lowest BCUT2D eigenvalue weighted by atomic mass is 10.1. The molecule has 0 radical (unpaired) electrons. The molecule has 0 heterocycles. The Morgan fingerprint density at radius 1 is 1.10 bits per heavy atom. The highest BCUT2D eigenvalue weighted by molar-refractivity contribution is 6.35. The van der Waals surface area contributed by atoms with Crippen molar-refractivity contribution < 1.29 is 0 Å². The van der Waals surface area contributed by atoms with Crippen LogP contribution in [0, 0.1) is 13.8 Å². The zero-order valence-electron chi connectivity index (χ0n) is 5.91. The molecule has 0 bridgehead atoms. The predicted molar refractivity (Wildman–Crippen MR) is 45.9 cm³/mol. The van der Waals surface area contributed by atoms with Gasteiger partial charge >= 0.3 is 0 Å². The minimum absolute atomic E-state index is 0.702. The fraction of sp³-hybridized carbons (Fsp3) is 0.250. The second kappa shape index (κ2) is 2.81. The quantitative estimate of drug-likeness (QED) is 0.564. The molecule has 0 unspecified atom stereocenters. The van der Waals surface area contributed by atoms with Crippen LogP contribution in [-0.2, 0) is 0 Å². The van der Waals surface area contributed by atoms with E-state index in [1.54, 1.807) is 6.07 Å². The summed E-state index contributed by atoms with van der Waals surface area (Å²) < 4.78 is 0. The maximum atomic E-state index is 5.83. The van der Waals surface area contributed by atoms with Gasteiger partial charge < -0.3 is 0 Å². The molecule has 54 valence electrons. The summed E-state index contributed by atoms with van der Waals surface area (Å²) in [6, 6.07) is 3.66. The Morgan fingerprint density at radius 2 is 1.70 bits per heavy atom. The highest BCUT2D eigenvalue weighted by Gasteiger charge is 1.99. The van der Waals surface area contributed by atoms with Crippen molar-refractivity contribution in [3.05, 3.63) is 33.3 Å². The van der Waals surface area contributed by atoms with Crippen LogP contribution in [0.4, 0.5) is 0 Å². The average Bonchev–Trinajstić information content (AvgIpc) is 1.82. The van der Waals surface area contributed by atoms with Crippen LogP contribution in [0.2, 0.25) is 10.0 Å². The predicted octanol–water partition coefficient (Wildman–Crippen LogP) is 3.61. The lowest BCUT2D eigenvalue weighted by Gasteiger charge is -2.01. The van der Waals surface area contributed by atoms with Gasteiger partial charge in [-0.3, -0.25) is 0 Å². The molecule has 0 atom stereocenters. The molecule has 0 nitrogen and oxygen atoms in total. The van der Waals surface area contributed by atoms with Gasteiger partial charge in [0.05, 0.1) is 0 Å². The maximum absolute atomic E-state index is 5.83. The second-order valence-electron chi connectivity index (χ2n) is 2.33. The molecular formula is C8H8Cl2. The Labute approximate surface area is 70.8 Å². The molecule has 1 rings (SSSR count). The molecule has 0 aliphatic carbocycles. The number of hydrogen-bond acceptors (Lipinski definition) is 0. The smallest absolute Gasteiger partial charge is 0.0452 e. The molecule has 10 heavy (non-hydrogen) atoms. The molecule has 0 aliphatic heterocycles. The van der Waals surface area contributed by atoms with E-state index in [-0.39, 0.29) is 0 Å². The summed E-state index contributed by atoms with van der Waals surface area (Å²) in [4.78, 5) is 0. The van der Waals surface area contributed by atoms with Crippen molar-refractivity contribution in [2.75, 3.05) is 0 Å². The van der Waals surface area contributed by atoms with Gasteiger partial charge in [0.15, 0.2) is 0 Å². The molecule has 0 amide bonds. The van der Waals surface area contributed by atoms with Crippen LogP contribution in [0.15, 0.2) is 12.1 Å². The Kier molecular flexibility index (Phi) is 2.22. The van der Waals surface area contributed by atoms with Gasteiger partial charge in [-0.2, -0.15) is 0 Å². The van der Waals surface area contributed by atoms with Crippen LogP contribution in [0.1, 0.15) is 11.1 Å². The molecule has 0 saturated heterocycles. The van der Waals surface area contributed by atoms with Gasteiger partial charge in [-0.1, -0.05) is 23.2 Å². The van der Waals surface area contributed by atoms with E-state index in [0.29, 0.717) is 5.02 Å². The van der Waals surface area contributed by atoms with Gasteiger partial charge in [-0.25, -0.2) is 0 Å². The van der Waals surface area contributed by atoms with Crippen molar-refractivity contribution in [3.8, 4) is 0 Å². The van der Waals surface area contributed by atoms with E-state index in [1.165, 1.54) is 0 Å². The third kappa shape index (κ3) is 1.44. The van der Waals surface area contributed by atoms with Crippen molar-refractivity contribution in [1.29, 1.82) is 0 Å². The zero-order valence-corrected chi connectivity index (χ0v) is 7.42. The molecule has 0 fully saturated rings. The molecule has 0 spiro atoms. The summed E-state index contributed by atoms with van der Waals surface area (Å²) in [6.45, 7) is 3.97. The van der Waals surface area contributed by atoms with Gasteiger partial charge in [0.25, 0.3) is 0 Å². The van der Waals surface area contributed by atoms with E-state index in [9.17, 15) is 0 Å². The second-order valence-corrected chi connectivity index (χ2v) is 3.17. The lowest BCUT2D eigenvalue weighted by molar-refractivity contribution is 1.34. The number of aryl methyl sites for hydroxylation is 1. The Hall–Kier alpha value is -0.200. The molecule has 0 saturated carbocycles. The number of rotatable bonds is 0. The van der Waals surface area contributed by atoms with Crippen LogP contribution in [0.3, 0.4) is 0 Å². The van der Waals surface area contributed by atoms with Crippen LogP contribution < -0.4 is 0 Å². The molecule has 2 heteroatoms. The molecule has 1 aromatic carbocycles. The lowest BCUT2D eigenvalue weighted by Crippen LogP contribution is -1.80. The summed E-state index contributed by atoms with van der Waals surface area (Å²) in [5.74, 6) is 0. The minimum atomic E-state index is 0.702. The number of hydrogen-bond donors (Lipinski definition) is 0. The van der Waals surface area contributed by atoms with Crippen molar-refractivity contribution in [2.45, 2.75) is 13.8 Å². The monoisotopic (exact) mass is 174 g/mol. The van der Waals surface area contributed by atoms with Gasteiger partial charge in [0.1, 0.15) is 0 Å². The van der Waals surface area contributed by atoms with Crippen LogP contribution in [0.25, 0.3) is 0 Å². The zero-order chi connectivity index (χ0) is 7.72. The van der Waals surface area contributed by atoms with E-state index in [1.807, 2.05) is 19.9 Å². The first-order valence-electron chi connectivity index (χ1n) is 3.03. The Balaban J connectivity index is 3.31. The van der Waals surface area contributed by atoms with E-state index in [0.717, 1.165) is 16.1 Å². The van der Waals surface area contributed by atoms with Crippen molar-refractivity contribution in [1.82, 2.24) is 0 Å². The fourth-order valence-electron chi connectivity index (χ4n) is 0.774. The maximum Gasteiger partial charge on any atom is 0.0452 e. The van der Waals surface area contributed by atoms with Crippen LogP contribution in [0.5, 0.6) is 0 Å². The van der Waals surface area contributed by atoms with Crippen molar-refractivity contribution >= 4 is 23.2 Å². The van der Waals surface area contributed by atoms with Crippen LogP contribution in [-0.4, -0.2) is 0 Å². The average molecular weight is 175 g/mol. The summed E-state index contributed by atoms with van der Waals surface area (Å²) in [5, 5.41) is 1.44. The van der Waals surface area contributed by atoms with E-state index < -0.39 is 0 Å². The van der Waals surface area contributed by atoms with Gasteiger partial charge in [0, 0.05) is 10.0 Å². The first-order chi connectivity index (χ1) is 4.61. The summed E-state index contributed by atoms with van der Waals surface area (Å²) >= 11 is 11.6. The largest absolute Gasteiger partial charge is 0.0843 e. The molecule has 0 N–H and O–H groups in total. The first kappa shape index (κ1) is 7.90. The molecule has 0 aromatic heterocycles. The fourth-order valence-corrected chi connectivity index (χ4v) is 1.37. The van der Waals surface area contributed by atoms with Gasteiger partial charge in [-0.15, -0.1) is 0 Å². The third-order valence-corrected chi connectivity index (χ3v) is 2.18. The third-order valence-electron chi connectivity index (χ3n) is 1.57. The number of halogens is 2. The molecule has 1 aromatic rings. The summed E-state index contributed by atoms with van der Waals surface area (Å²) in [6.07, 6.45) is 0. The molecule has 0 aliphatic rings. The Morgan fingerprint density at radius 3 is 2.20 bits per heavy atom. The summed E-state index contributed by atoms with van der Waals surface area (Å²) in [5.41, 5.74) is 2.24. The first-order valence-corrected chi connectivity index (χ1v) is 3.79. The highest BCUT2D eigenvalue weighted by atomic mass is 35.5. The van der Waals surface area contributed by atoms with Crippen molar-refractivity contribution in [3.63, 3.8) is 0 Å². The topological polar surface area (TPSA) is 0 Å². The van der Waals surface area contributed by atoms with E-state index >= 15 is 0 Å². The van der Waals surface area contributed by atoms with E-state index in [4.69, 9.17) is 23.2 Å². The number of benzene rings is 1. The van der Waals surface area contributed by atoms with Crippen LogP contribution >= 0.6 is 23.2 Å². The van der Waals surface area contributed by atoms with E-state index in [2.05, 4.69) is 0 Å².